The van der Waals surface area contributed by atoms with E-state index in [1.807, 2.05) is 0 Å². The molecule has 1 rings (SSSR count). The molecule has 0 unspecified atom stereocenters. The molecule has 0 atom stereocenters. The van der Waals surface area contributed by atoms with E-state index in [0.29, 0.717) is 0 Å². The van der Waals surface area contributed by atoms with E-state index in [0.717, 1.165) is 6.42 Å². The van der Waals surface area contributed by atoms with E-state index < -0.39 is 0 Å². The van der Waals surface area contributed by atoms with E-state index in [9.17, 15) is 0 Å². The van der Waals surface area contributed by atoms with E-state index in [1.165, 1.54) is 32.4 Å². The lowest BCUT2D eigenvalue weighted by atomic mass is 10.1. The van der Waals surface area contributed by atoms with Crippen LogP contribution in [0.3, 0.4) is 0 Å². The highest BCUT2D eigenvalue weighted by molar-refractivity contribution is 4.84. The SMILES string of the molecule is [CH2]C/C=C/N1CCCCC1. The number of hydrogen-bond acceptors (Lipinski definition) is 1. The Morgan fingerprint density at radius 1 is 1.20 bits per heavy atom. The van der Waals surface area contributed by atoms with Crippen molar-refractivity contribution < 1.29 is 0 Å². The van der Waals surface area contributed by atoms with Crippen LogP contribution in [0.2, 0.25) is 0 Å². The van der Waals surface area contributed by atoms with Gasteiger partial charge >= 0.3 is 0 Å². The predicted molar refractivity (Wildman–Crippen MR) is 44.5 cm³/mol. The summed E-state index contributed by atoms with van der Waals surface area (Å²) in [4.78, 5) is 2.38. The Kier molecular flexibility index (Phi) is 3.34. The first-order valence-corrected chi connectivity index (χ1v) is 4.13. The zero-order chi connectivity index (χ0) is 7.23. The average Bonchev–Trinajstić information content (AvgIpc) is 2.03. The van der Waals surface area contributed by atoms with E-state index in [-0.39, 0.29) is 0 Å². The van der Waals surface area contributed by atoms with Gasteiger partial charge in [0.05, 0.1) is 0 Å². The van der Waals surface area contributed by atoms with Crippen LogP contribution < -0.4 is 0 Å². The van der Waals surface area contributed by atoms with Crippen molar-refractivity contribution in [1.82, 2.24) is 4.90 Å². The summed E-state index contributed by atoms with van der Waals surface area (Å²) < 4.78 is 0. The molecule has 1 heteroatoms. The van der Waals surface area contributed by atoms with Gasteiger partial charge in [0.2, 0.25) is 0 Å². The van der Waals surface area contributed by atoms with Gasteiger partial charge in [0.25, 0.3) is 0 Å². The van der Waals surface area contributed by atoms with Crippen LogP contribution in [0.4, 0.5) is 0 Å². The molecule has 0 aromatic heterocycles. The number of nitrogens with zero attached hydrogens (tertiary/aromatic N) is 1. The Balaban J connectivity index is 2.19. The van der Waals surface area contributed by atoms with Gasteiger partial charge in [-0.15, -0.1) is 0 Å². The maximum atomic E-state index is 3.76. The fraction of sp³-hybridized carbons (Fsp3) is 0.667. The van der Waals surface area contributed by atoms with Gasteiger partial charge in [-0.05, 0) is 38.8 Å². The minimum Gasteiger partial charge on any atom is -0.378 e. The molecule has 1 aliphatic heterocycles. The maximum absolute atomic E-state index is 3.76. The van der Waals surface area contributed by atoms with Crippen LogP contribution in [0.1, 0.15) is 25.7 Å². The standard InChI is InChI=1S/C9H16N/c1-2-3-7-10-8-5-4-6-9-10/h3,7H,1-2,4-6,8-9H2/b7-3+. The fourth-order valence-electron chi connectivity index (χ4n) is 1.29. The molecular weight excluding hydrogens is 122 g/mol. The van der Waals surface area contributed by atoms with Crippen molar-refractivity contribution >= 4 is 0 Å². The van der Waals surface area contributed by atoms with Crippen molar-refractivity contribution in [2.24, 2.45) is 0 Å². The van der Waals surface area contributed by atoms with Crippen molar-refractivity contribution in [2.75, 3.05) is 13.1 Å². The van der Waals surface area contributed by atoms with Gasteiger partial charge in [0, 0.05) is 13.1 Å². The third kappa shape index (κ3) is 2.42. The summed E-state index contributed by atoms with van der Waals surface area (Å²) in [6, 6.07) is 0. The summed E-state index contributed by atoms with van der Waals surface area (Å²) in [7, 11) is 0. The topological polar surface area (TPSA) is 3.24 Å². The fourth-order valence-corrected chi connectivity index (χ4v) is 1.29. The van der Waals surface area contributed by atoms with Crippen molar-refractivity contribution in [3.63, 3.8) is 0 Å². The Morgan fingerprint density at radius 3 is 2.50 bits per heavy atom. The Morgan fingerprint density at radius 2 is 1.90 bits per heavy atom. The monoisotopic (exact) mass is 138 g/mol. The van der Waals surface area contributed by atoms with Crippen molar-refractivity contribution in [3.8, 4) is 0 Å². The lowest BCUT2D eigenvalue weighted by molar-refractivity contribution is 0.309. The van der Waals surface area contributed by atoms with Gasteiger partial charge < -0.3 is 4.90 Å². The van der Waals surface area contributed by atoms with E-state index in [2.05, 4.69) is 24.1 Å². The average molecular weight is 138 g/mol. The largest absolute Gasteiger partial charge is 0.378 e. The molecular formula is C9H16N. The third-order valence-electron chi connectivity index (χ3n) is 1.87. The summed E-state index contributed by atoms with van der Waals surface area (Å²) in [5.74, 6) is 0. The van der Waals surface area contributed by atoms with E-state index in [4.69, 9.17) is 0 Å². The highest BCUT2D eigenvalue weighted by Crippen LogP contribution is 2.08. The molecule has 0 amide bonds. The van der Waals surface area contributed by atoms with Crippen LogP contribution in [0.25, 0.3) is 0 Å². The minimum atomic E-state index is 0.913. The predicted octanol–water partition coefficient (Wildman–Crippen LogP) is 2.21. The first-order valence-electron chi connectivity index (χ1n) is 4.13. The molecule has 1 heterocycles. The summed E-state index contributed by atoms with van der Waals surface area (Å²) in [5, 5.41) is 0. The number of likely N-dealkylation sites (tertiary alicyclic amines) is 1. The van der Waals surface area contributed by atoms with Gasteiger partial charge in [0.1, 0.15) is 0 Å². The van der Waals surface area contributed by atoms with Crippen LogP contribution in [-0.4, -0.2) is 18.0 Å². The Hall–Kier alpha value is -0.460. The quantitative estimate of drug-likeness (QED) is 0.565. The first-order chi connectivity index (χ1) is 4.93. The zero-order valence-corrected chi connectivity index (χ0v) is 6.55. The summed E-state index contributed by atoms with van der Waals surface area (Å²) in [5.41, 5.74) is 0. The first kappa shape index (κ1) is 7.64. The summed E-state index contributed by atoms with van der Waals surface area (Å²) in [6.45, 7) is 6.25. The number of allylic oxidation sites excluding steroid dienone is 1. The van der Waals surface area contributed by atoms with Crippen LogP contribution >= 0.6 is 0 Å². The van der Waals surface area contributed by atoms with Crippen LogP contribution in [-0.2, 0) is 0 Å². The smallest absolute Gasteiger partial charge is 0.0172 e. The van der Waals surface area contributed by atoms with Crippen LogP contribution in [0, 0.1) is 6.92 Å². The number of hydrogen-bond donors (Lipinski definition) is 0. The molecule has 0 aliphatic carbocycles. The van der Waals surface area contributed by atoms with Gasteiger partial charge in [-0.1, -0.05) is 6.08 Å². The normalized spacial score (nSPS) is 20.3. The van der Waals surface area contributed by atoms with Crippen molar-refractivity contribution in [2.45, 2.75) is 25.7 Å². The summed E-state index contributed by atoms with van der Waals surface area (Å²) in [6.07, 6.45) is 9.37. The number of rotatable bonds is 2. The molecule has 57 valence electrons. The van der Waals surface area contributed by atoms with Crippen molar-refractivity contribution in [3.05, 3.63) is 19.2 Å². The maximum Gasteiger partial charge on any atom is 0.0172 e. The molecule has 1 nitrogen and oxygen atoms in total. The zero-order valence-electron chi connectivity index (χ0n) is 6.55. The molecule has 1 fully saturated rings. The van der Waals surface area contributed by atoms with E-state index in [1.54, 1.807) is 0 Å². The molecule has 0 aromatic rings. The van der Waals surface area contributed by atoms with Crippen LogP contribution in [0.15, 0.2) is 12.3 Å². The van der Waals surface area contributed by atoms with Gasteiger partial charge in [-0.2, -0.15) is 0 Å². The second-order valence-electron chi connectivity index (χ2n) is 2.77. The highest BCUT2D eigenvalue weighted by Gasteiger charge is 2.03. The molecule has 0 bridgehead atoms. The second kappa shape index (κ2) is 4.37. The van der Waals surface area contributed by atoms with E-state index >= 15 is 0 Å². The second-order valence-corrected chi connectivity index (χ2v) is 2.77. The number of piperidine rings is 1. The lowest BCUT2D eigenvalue weighted by Crippen LogP contribution is -2.23. The molecule has 0 aromatic carbocycles. The summed E-state index contributed by atoms with van der Waals surface area (Å²) >= 11 is 0. The van der Waals surface area contributed by atoms with Crippen molar-refractivity contribution in [1.29, 1.82) is 0 Å². The molecule has 0 saturated carbocycles. The van der Waals surface area contributed by atoms with Gasteiger partial charge in [-0.3, -0.25) is 0 Å². The third-order valence-corrected chi connectivity index (χ3v) is 1.87. The van der Waals surface area contributed by atoms with Gasteiger partial charge in [0.15, 0.2) is 0 Å². The lowest BCUT2D eigenvalue weighted by Gasteiger charge is -2.24. The molecule has 0 N–H and O–H groups in total. The minimum absolute atomic E-state index is 0.913. The molecule has 1 radical (unpaired) electrons. The Bertz CT molecular complexity index is 101. The van der Waals surface area contributed by atoms with Crippen LogP contribution in [0.5, 0.6) is 0 Å². The highest BCUT2D eigenvalue weighted by atomic mass is 15.1. The van der Waals surface area contributed by atoms with Gasteiger partial charge in [-0.25, -0.2) is 0 Å². The molecule has 10 heavy (non-hydrogen) atoms. The molecule has 1 aliphatic rings. The Labute approximate surface area is 63.7 Å². The molecule has 0 spiro atoms. The molecule has 1 saturated heterocycles.